The van der Waals surface area contributed by atoms with E-state index in [1.807, 2.05) is 24.3 Å². The Balaban J connectivity index is 0.000000171. The van der Waals surface area contributed by atoms with Crippen LogP contribution in [0.1, 0.15) is 31.8 Å². The van der Waals surface area contributed by atoms with E-state index < -0.39 is 0 Å². The summed E-state index contributed by atoms with van der Waals surface area (Å²) in [4.78, 5) is 23.8. The summed E-state index contributed by atoms with van der Waals surface area (Å²) in [6.07, 6.45) is 0. The van der Waals surface area contributed by atoms with Crippen LogP contribution < -0.4 is 0 Å². The Morgan fingerprint density at radius 2 is 0.900 bits per heavy atom. The van der Waals surface area contributed by atoms with Crippen molar-refractivity contribution in [2.45, 2.75) is 0 Å². The fourth-order valence-corrected chi connectivity index (χ4v) is 2.78. The van der Waals surface area contributed by atoms with E-state index >= 15 is 0 Å². The molecule has 4 nitrogen and oxygen atoms in total. The highest BCUT2D eigenvalue weighted by Crippen LogP contribution is 2.19. The van der Waals surface area contributed by atoms with Crippen LogP contribution in [-0.4, -0.2) is 21.8 Å². The first-order valence-corrected chi connectivity index (χ1v) is 9.33. The molecule has 0 radical (unpaired) electrons. The number of phenols is 2. The van der Waals surface area contributed by atoms with Crippen LogP contribution in [0.3, 0.4) is 0 Å². The lowest BCUT2D eigenvalue weighted by Crippen LogP contribution is -2.00. The second kappa shape index (κ2) is 9.85. The summed E-state index contributed by atoms with van der Waals surface area (Å²) < 4.78 is 0. The number of rotatable bonds is 4. The highest BCUT2D eigenvalue weighted by Gasteiger charge is 2.11. The van der Waals surface area contributed by atoms with E-state index in [4.69, 9.17) is 5.11 Å². The smallest absolute Gasteiger partial charge is 0.196 e. The molecule has 0 aromatic heterocycles. The van der Waals surface area contributed by atoms with E-state index in [0.717, 1.165) is 0 Å². The van der Waals surface area contributed by atoms with Crippen LogP contribution in [0.5, 0.6) is 11.5 Å². The van der Waals surface area contributed by atoms with Gasteiger partial charge in [-0.1, -0.05) is 72.8 Å². The van der Waals surface area contributed by atoms with E-state index in [1.165, 1.54) is 18.2 Å². The number of phenolic OH excluding ortho intramolecular Hbond substituents is 2. The lowest BCUT2D eigenvalue weighted by molar-refractivity contribution is 0.102. The zero-order valence-electron chi connectivity index (χ0n) is 16.1. The number of carbonyl (C=O) groups excluding carboxylic acids is 2. The van der Waals surface area contributed by atoms with Crippen LogP contribution in [0.2, 0.25) is 0 Å². The Morgan fingerprint density at radius 1 is 0.467 bits per heavy atom. The van der Waals surface area contributed by atoms with Gasteiger partial charge in [0.2, 0.25) is 0 Å². The molecule has 0 aliphatic carbocycles. The maximum atomic E-state index is 11.9. The third-order valence-corrected chi connectivity index (χ3v) is 4.35. The van der Waals surface area contributed by atoms with Crippen LogP contribution in [-0.2, 0) is 0 Å². The quantitative estimate of drug-likeness (QED) is 0.462. The average molecular weight is 396 g/mol. The predicted octanol–water partition coefficient (Wildman–Crippen LogP) is 5.25. The fraction of sp³-hybridized carbons (Fsp3) is 0. The summed E-state index contributed by atoms with van der Waals surface area (Å²) in [7, 11) is 0. The molecule has 0 bridgehead atoms. The predicted molar refractivity (Wildman–Crippen MR) is 116 cm³/mol. The van der Waals surface area contributed by atoms with Gasteiger partial charge in [0, 0.05) is 16.7 Å². The van der Waals surface area contributed by atoms with Crippen molar-refractivity contribution in [3.63, 3.8) is 0 Å². The number of benzene rings is 4. The Bertz CT molecular complexity index is 1120. The van der Waals surface area contributed by atoms with Crippen molar-refractivity contribution in [1.82, 2.24) is 0 Å². The van der Waals surface area contributed by atoms with Crippen LogP contribution in [0.15, 0.2) is 109 Å². The molecule has 0 spiro atoms. The molecular weight excluding hydrogens is 376 g/mol. The maximum absolute atomic E-state index is 11.9. The van der Waals surface area contributed by atoms with Crippen LogP contribution in [0.4, 0.5) is 0 Å². The molecule has 0 fully saturated rings. The lowest BCUT2D eigenvalue weighted by Gasteiger charge is -2.02. The second-order valence-electron chi connectivity index (χ2n) is 6.45. The summed E-state index contributed by atoms with van der Waals surface area (Å²) >= 11 is 0. The minimum atomic E-state index is -0.159. The highest BCUT2D eigenvalue weighted by molar-refractivity contribution is 6.10. The zero-order chi connectivity index (χ0) is 21.3. The first kappa shape index (κ1) is 20.6. The van der Waals surface area contributed by atoms with Crippen molar-refractivity contribution >= 4 is 11.6 Å². The molecule has 0 saturated heterocycles. The Hall–Kier alpha value is -4.18. The molecule has 0 saturated carbocycles. The normalized spacial score (nSPS) is 9.87. The summed E-state index contributed by atoms with van der Waals surface area (Å²) in [6, 6.07) is 30.8. The van der Waals surface area contributed by atoms with Crippen molar-refractivity contribution in [3.8, 4) is 11.5 Å². The number of hydrogen-bond acceptors (Lipinski definition) is 4. The molecule has 4 heteroatoms. The number of carbonyl (C=O) groups is 2. The molecule has 148 valence electrons. The van der Waals surface area contributed by atoms with Crippen molar-refractivity contribution in [2.24, 2.45) is 0 Å². The Labute approximate surface area is 174 Å². The number of aromatic hydroxyl groups is 2. The van der Waals surface area contributed by atoms with Gasteiger partial charge in [-0.15, -0.1) is 0 Å². The third-order valence-electron chi connectivity index (χ3n) is 4.35. The van der Waals surface area contributed by atoms with Gasteiger partial charge in [0.05, 0.1) is 5.56 Å². The minimum absolute atomic E-state index is 0.0198. The standard InChI is InChI=1S/2C13H10O2/c14-12-9-5-4-8-11(12)13(15)10-6-2-1-3-7-10;14-12-8-6-11(7-9-12)13(15)10-4-2-1-3-5-10/h2*1-9,14H. The van der Waals surface area contributed by atoms with Gasteiger partial charge in [-0.2, -0.15) is 0 Å². The Morgan fingerprint density at radius 3 is 1.43 bits per heavy atom. The average Bonchev–Trinajstić information content (AvgIpc) is 2.81. The number of hydrogen-bond donors (Lipinski definition) is 2. The van der Waals surface area contributed by atoms with E-state index in [2.05, 4.69) is 0 Å². The SMILES string of the molecule is O=C(c1ccccc1)c1ccc(O)cc1.O=C(c1ccccc1)c1ccccc1O. The van der Waals surface area contributed by atoms with Crippen molar-refractivity contribution in [2.75, 3.05) is 0 Å². The van der Waals surface area contributed by atoms with Gasteiger partial charge < -0.3 is 10.2 Å². The molecule has 0 heterocycles. The zero-order valence-corrected chi connectivity index (χ0v) is 16.1. The molecule has 30 heavy (non-hydrogen) atoms. The first-order chi connectivity index (χ1) is 14.6. The topological polar surface area (TPSA) is 74.6 Å². The maximum Gasteiger partial charge on any atom is 0.196 e. The minimum Gasteiger partial charge on any atom is -0.508 e. The summed E-state index contributed by atoms with van der Waals surface area (Å²) in [5.41, 5.74) is 2.16. The molecule has 4 aromatic rings. The first-order valence-electron chi connectivity index (χ1n) is 9.33. The van der Waals surface area contributed by atoms with Gasteiger partial charge in [0.25, 0.3) is 0 Å². The lowest BCUT2D eigenvalue weighted by atomic mass is 10.0. The van der Waals surface area contributed by atoms with Gasteiger partial charge in [-0.3, -0.25) is 9.59 Å². The molecule has 0 aliphatic rings. The van der Waals surface area contributed by atoms with Gasteiger partial charge in [0.15, 0.2) is 11.6 Å². The van der Waals surface area contributed by atoms with Crippen LogP contribution in [0.25, 0.3) is 0 Å². The van der Waals surface area contributed by atoms with E-state index in [0.29, 0.717) is 22.3 Å². The fourth-order valence-electron chi connectivity index (χ4n) is 2.78. The van der Waals surface area contributed by atoms with Crippen LogP contribution in [0, 0.1) is 0 Å². The molecule has 4 rings (SSSR count). The van der Waals surface area contributed by atoms with E-state index in [-0.39, 0.29) is 23.1 Å². The third kappa shape index (κ3) is 5.20. The van der Waals surface area contributed by atoms with E-state index in [9.17, 15) is 14.7 Å². The molecule has 0 aliphatic heterocycles. The number of para-hydroxylation sites is 1. The molecular formula is C26H20O4. The second-order valence-corrected chi connectivity index (χ2v) is 6.45. The molecule has 4 aromatic carbocycles. The van der Waals surface area contributed by atoms with Crippen molar-refractivity contribution in [1.29, 1.82) is 0 Å². The van der Waals surface area contributed by atoms with Crippen LogP contribution >= 0.6 is 0 Å². The molecule has 2 N–H and O–H groups in total. The van der Waals surface area contributed by atoms with Crippen molar-refractivity contribution < 1.29 is 19.8 Å². The summed E-state index contributed by atoms with van der Waals surface area (Å²) in [6.45, 7) is 0. The summed E-state index contributed by atoms with van der Waals surface area (Å²) in [5.74, 6) is -0.00438. The monoisotopic (exact) mass is 396 g/mol. The highest BCUT2D eigenvalue weighted by atomic mass is 16.3. The van der Waals surface area contributed by atoms with Gasteiger partial charge in [-0.05, 0) is 36.4 Å². The van der Waals surface area contributed by atoms with Gasteiger partial charge in [-0.25, -0.2) is 0 Å². The number of ketones is 2. The van der Waals surface area contributed by atoms with E-state index in [1.54, 1.807) is 66.7 Å². The summed E-state index contributed by atoms with van der Waals surface area (Å²) in [5, 5.41) is 18.6. The van der Waals surface area contributed by atoms with Crippen molar-refractivity contribution in [3.05, 3.63) is 131 Å². The molecule has 0 unspecified atom stereocenters. The van der Waals surface area contributed by atoms with Gasteiger partial charge >= 0.3 is 0 Å². The Kier molecular flexibility index (Phi) is 6.74. The molecule has 0 amide bonds. The van der Waals surface area contributed by atoms with Gasteiger partial charge in [0.1, 0.15) is 11.5 Å². The molecule has 0 atom stereocenters. The largest absolute Gasteiger partial charge is 0.508 e.